The second-order valence-corrected chi connectivity index (χ2v) is 4.53. The van der Waals surface area contributed by atoms with Crippen LogP contribution in [0.4, 0.5) is 17.5 Å². The van der Waals surface area contributed by atoms with Gasteiger partial charge in [0.1, 0.15) is 17.6 Å². The molecule has 2 heterocycles. The number of aliphatic hydroxyl groups is 2. The summed E-state index contributed by atoms with van der Waals surface area (Å²) >= 11 is 0. The number of rotatable bonds is 4. The van der Waals surface area contributed by atoms with Crippen molar-refractivity contribution in [3.63, 3.8) is 0 Å². The fraction of sp³-hybridized carbons (Fsp3) is 0.636. The zero-order chi connectivity index (χ0) is 14.0. The fourth-order valence-corrected chi connectivity index (χ4v) is 1.98. The minimum absolute atomic E-state index is 0.276. The van der Waals surface area contributed by atoms with Crippen LogP contribution in [0.1, 0.15) is 13.8 Å². The van der Waals surface area contributed by atoms with Crippen molar-refractivity contribution in [3.05, 3.63) is 10.4 Å². The van der Waals surface area contributed by atoms with Gasteiger partial charge in [0, 0.05) is 13.1 Å². The van der Waals surface area contributed by atoms with Gasteiger partial charge in [-0.3, -0.25) is 4.79 Å². The van der Waals surface area contributed by atoms with E-state index < -0.39 is 23.8 Å². The van der Waals surface area contributed by atoms with Crippen LogP contribution in [0.3, 0.4) is 0 Å². The molecule has 0 unspecified atom stereocenters. The summed E-state index contributed by atoms with van der Waals surface area (Å²) in [5, 5.41) is 28.0. The van der Waals surface area contributed by atoms with Crippen LogP contribution in [0.2, 0.25) is 0 Å². The third-order valence-electron chi connectivity index (χ3n) is 3.00. The largest absolute Gasteiger partial charge is 0.391 e. The summed E-state index contributed by atoms with van der Waals surface area (Å²) in [6.07, 6.45) is -1.84. The number of nitrogens with one attached hydrogen (secondary N) is 4. The molecule has 0 saturated heterocycles. The van der Waals surface area contributed by atoms with Gasteiger partial charge in [-0.25, -0.2) is 0 Å². The summed E-state index contributed by atoms with van der Waals surface area (Å²) in [4.78, 5) is 18.7. The van der Waals surface area contributed by atoms with Crippen molar-refractivity contribution in [1.82, 2.24) is 9.97 Å². The zero-order valence-corrected chi connectivity index (χ0v) is 10.9. The van der Waals surface area contributed by atoms with Gasteiger partial charge in [-0.1, -0.05) is 0 Å². The molecule has 1 aliphatic rings. The number of aliphatic hydroxyl groups excluding tert-OH is 2. The van der Waals surface area contributed by atoms with Crippen molar-refractivity contribution in [2.45, 2.75) is 32.1 Å². The number of H-pyrrole nitrogens is 1. The highest BCUT2D eigenvalue weighted by molar-refractivity contribution is 5.67. The van der Waals surface area contributed by atoms with Crippen molar-refractivity contribution in [2.75, 3.05) is 29.0 Å². The van der Waals surface area contributed by atoms with E-state index in [-0.39, 0.29) is 5.69 Å². The van der Waals surface area contributed by atoms with Gasteiger partial charge in [-0.15, -0.1) is 0 Å². The van der Waals surface area contributed by atoms with Crippen LogP contribution in [0.5, 0.6) is 0 Å². The monoisotopic (exact) mass is 269 g/mol. The van der Waals surface area contributed by atoms with Gasteiger partial charge in [-0.05, 0) is 13.8 Å². The first-order valence-corrected chi connectivity index (χ1v) is 6.27. The average molecular weight is 269 g/mol. The number of hydrogen-bond donors (Lipinski definition) is 6. The average Bonchev–Trinajstić information content (AvgIpc) is 2.38. The van der Waals surface area contributed by atoms with Crippen molar-refractivity contribution in [1.29, 1.82) is 0 Å². The van der Waals surface area contributed by atoms with E-state index in [2.05, 4.69) is 25.9 Å². The molecule has 2 rings (SSSR count). The first-order chi connectivity index (χ1) is 9.02. The van der Waals surface area contributed by atoms with Gasteiger partial charge in [0.15, 0.2) is 0 Å². The quantitative estimate of drug-likeness (QED) is 0.421. The molecule has 3 atom stereocenters. The lowest BCUT2D eigenvalue weighted by atomic mass is 10.0. The summed E-state index contributed by atoms with van der Waals surface area (Å²) in [6, 6.07) is -0.444. The number of aromatic amines is 1. The molecule has 1 aromatic heterocycles. The van der Waals surface area contributed by atoms with Crippen molar-refractivity contribution in [3.8, 4) is 0 Å². The Bertz CT molecular complexity index is 502. The van der Waals surface area contributed by atoms with Gasteiger partial charge in [0.2, 0.25) is 5.95 Å². The van der Waals surface area contributed by atoms with Gasteiger partial charge < -0.3 is 31.1 Å². The predicted molar refractivity (Wildman–Crippen MR) is 72.6 cm³/mol. The molecule has 19 heavy (non-hydrogen) atoms. The van der Waals surface area contributed by atoms with Crippen LogP contribution >= 0.6 is 0 Å². The molecule has 8 heteroatoms. The van der Waals surface area contributed by atoms with Crippen molar-refractivity contribution in [2.24, 2.45) is 0 Å². The summed E-state index contributed by atoms with van der Waals surface area (Å²) < 4.78 is 0. The highest BCUT2D eigenvalue weighted by atomic mass is 16.3. The molecule has 1 aliphatic heterocycles. The van der Waals surface area contributed by atoms with E-state index >= 15 is 0 Å². The van der Waals surface area contributed by atoms with Crippen LogP contribution in [0.25, 0.3) is 0 Å². The molecule has 106 valence electrons. The van der Waals surface area contributed by atoms with E-state index in [0.717, 1.165) is 0 Å². The molecule has 0 spiro atoms. The molecule has 0 fully saturated rings. The van der Waals surface area contributed by atoms with Crippen molar-refractivity contribution < 1.29 is 10.2 Å². The SMILES string of the molecule is CCNc1nc(=O)c2c([nH]1)NC[C@H]([C@@H](O)[C@H](C)O)N2. The lowest BCUT2D eigenvalue weighted by Crippen LogP contribution is -2.48. The smallest absolute Gasteiger partial charge is 0.300 e. The van der Waals surface area contributed by atoms with Crippen LogP contribution in [-0.2, 0) is 0 Å². The molecule has 0 radical (unpaired) electrons. The van der Waals surface area contributed by atoms with E-state index in [9.17, 15) is 15.0 Å². The number of hydrogen-bond acceptors (Lipinski definition) is 7. The third-order valence-corrected chi connectivity index (χ3v) is 3.00. The minimum Gasteiger partial charge on any atom is -0.391 e. The lowest BCUT2D eigenvalue weighted by molar-refractivity contribution is 0.0214. The lowest BCUT2D eigenvalue weighted by Gasteiger charge is -2.31. The number of nitrogens with zero attached hydrogens (tertiary/aromatic N) is 1. The van der Waals surface area contributed by atoms with Gasteiger partial charge in [0.25, 0.3) is 5.56 Å². The Morgan fingerprint density at radius 2 is 2.26 bits per heavy atom. The standard InChI is InChI=1S/C11H19N5O3/c1-3-12-11-15-9-7(10(19)16-11)14-6(4-13-9)8(18)5(2)17/h5-6,8,14,17-18H,3-4H2,1-2H3,(H3,12,13,15,16,19)/t5-,6+,8-/m0/s1. The molecule has 1 aromatic rings. The first kappa shape index (κ1) is 13.6. The molecule has 0 amide bonds. The molecule has 0 aliphatic carbocycles. The van der Waals surface area contributed by atoms with E-state index in [4.69, 9.17) is 0 Å². The first-order valence-electron chi connectivity index (χ1n) is 6.27. The number of aromatic nitrogens is 2. The highest BCUT2D eigenvalue weighted by Gasteiger charge is 2.29. The van der Waals surface area contributed by atoms with Crippen LogP contribution in [0, 0.1) is 0 Å². The van der Waals surface area contributed by atoms with Gasteiger partial charge in [-0.2, -0.15) is 4.98 Å². The Labute approximate surface area is 110 Å². The molecule has 0 saturated carbocycles. The van der Waals surface area contributed by atoms with E-state index in [1.165, 1.54) is 6.92 Å². The normalized spacial score (nSPS) is 20.7. The molecule has 8 nitrogen and oxygen atoms in total. The maximum absolute atomic E-state index is 11.9. The molecule has 0 aromatic carbocycles. The Morgan fingerprint density at radius 3 is 2.89 bits per heavy atom. The van der Waals surface area contributed by atoms with Gasteiger partial charge >= 0.3 is 0 Å². The van der Waals surface area contributed by atoms with Crippen LogP contribution in [0.15, 0.2) is 4.79 Å². The minimum atomic E-state index is -0.964. The van der Waals surface area contributed by atoms with Crippen LogP contribution < -0.4 is 21.5 Å². The maximum atomic E-state index is 11.9. The summed E-state index contributed by atoms with van der Waals surface area (Å²) in [5.41, 5.74) is -0.141. The molecular formula is C11H19N5O3. The molecular weight excluding hydrogens is 250 g/mol. The van der Waals surface area contributed by atoms with Crippen LogP contribution in [-0.4, -0.2) is 51.5 Å². The Hall–Kier alpha value is -1.80. The second kappa shape index (κ2) is 5.45. The fourth-order valence-electron chi connectivity index (χ4n) is 1.98. The number of fused-ring (bicyclic) bond motifs is 1. The Kier molecular flexibility index (Phi) is 3.91. The maximum Gasteiger partial charge on any atom is 0.300 e. The van der Waals surface area contributed by atoms with E-state index in [1.54, 1.807) is 0 Å². The number of anilines is 3. The molecule has 0 bridgehead atoms. The van der Waals surface area contributed by atoms with E-state index in [1.807, 2.05) is 6.92 Å². The Balaban J connectivity index is 2.24. The third kappa shape index (κ3) is 2.79. The van der Waals surface area contributed by atoms with Gasteiger partial charge in [0.05, 0.1) is 12.1 Å². The Morgan fingerprint density at radius 1 is 1.53 bits per heavy atom. The molecule has 6 N–H and O–H groups in total. The van der Waals surface area contributed by atoms with Crippen molar-refractivity contribution >= 4 is 17.5 Å². The summed E-state index contributed by atoms with van der Waals surface area (Å²) in [7, 11) is 0. The zero-order valence-electron chi connectivity index (χ0n) is 10.9. The summed E-state index contributed by atoms with van der Waals surface area (Å²) in [5.74, 6) is 0.931. The predicted octanol–water partition coefficient (Wildman–Crippen LogP) is -0.851. The highest BCUT2D eigenvalue weighted by Crippen LogP contribution is 2.22. The second-order valence-electron chi connectivity index (χ2n) is 4.53. The summed E-state index contributed by atoms with van der Waals surface area (Å²) in [6.45, 7) is 4.45. The topological polar surface area (TPSA) is 122 Å². The van der Waals surface area contributed by atoms with E-state index in [0.29, 0.717) is 24.9 Å².